The highest BCUT2D eigenvalue weighted by molar-refractivity contribution is 5.76. The van der Waals surface area contributed by atoms with E-state index < -0.39 is 12.1 Å². The second-order valence-electron chi connectivity index (χ2n) is 27.8. The predicted molar refractivity (Wildman–Crippen MR) is 389 cm³/mol. The van der Waals surface area contributed by atoms with Gasteiger partial charge in [0.25, 0.3) is 0 Å². The summed E-state index contributed by atoms with van der Waals surface area (Å²) in [5, 5.41) is 23.2. The van der Waals surface area contributed by atoms with E-state index in [4.69, 9.17) is 4.74 Å². The van der Waals surface area contributed by atoms with E-state index in [9.17, 15) is 19.8 Å². The van der Waals surface area contributed by atoms with E-state index in [0.29, 0.717) is 19.4 Å². The quantitative estimate of drug-likeness (QED) is 0.0320. The zero-order valence-corrected chi connectivity index (χ0v) is 59.7. The molecular formula is C82H157NO5. The molecule has 2 unspecified atom stereocenters. The van der Waals surface area contributed by atoms with Crippen LogP contribution in [0.15, 0.2) is 36.5 Å². The van der Waals surface area contributed by atoms with Gasteiger partial charge in [-0.25, -0.2) is 0 Å². The lowest BCUT2D eigenvalue weighted by atomic mass is 10.0. The monoisotopic (exact) mass is 1240 g/mol. The fraction of sp³-hybridized carbons (Fsp3) is 0.902. The standard InChI is InChI=1S/C82H157NO5/c1-3-5-7-9-11-13-15-17-19-43-47-50-54-58-62-66-70-74-80(85)79(78-84)83-81(86)75-71-67-63-59-55-51-48-44-41-39-37-35-33-31-29-27-25-23-21-20-22-24-26-28-30-32-34-36-38-40-42-45-49-53-57-61-65-69-73-77-88-82(87)76-72-68-64-60-56-52-46-18-16-14-12-10-8-6-4-2/h20-21,24,26,70,74,79-80,84-85H,3-19,22-23,25,27-69,71-73,75-78H2,1-2H3,(H,83,86)/b21-20-,26-24-,74-70+. The van der Waals surface area contributed by atoms with Crippen LogP contribution in [0.4, 0.5) is 0 Å². The molecule has 0 aromatic rings. The molecule has 0 rings (SSSR count). The highest BCUT2D eigenvalue weighted by Crippen LogP contribution is 2.20. The third-order valence-corrected chi connectivity index (χ3v) is 18.9. The second kappa shape index (κ2) is 77.5. The molecule has 0 saturated carbocycles. The van der Waals surface area contributed by atoms with Crippen molar-refractivity contribution in [3.8, 4) is 0 Å². The number of amides is 1. The van der Waals surface area contributed by atoms with Crippen LogP contribution in [-0.4, -0.2) is 47.4 Å². The first-order chi connectivity index (χ1) is 43.5. The van der Waals surface area contributed by atoms with Crippen LogP contribution in [0.2, 0.25) is 0 Å². The van der Waals surface area contributed by atoms with Crippen molar-refractivity contribution in [1.82, 2.24) is 5.32 Å². The Kier molecular flexibility index (Phi) is 75.8. The van der Waals surface area contributed by atoms with Gasteiger partial charge in [0.1, 0.15) is 0 Å². The normalized spacial score (nSPS) is 12.6. The molecule has 0 aliphatic carbocycles. The third-order valence-electron chi connectivity index (χ3n) is 18.9. The lowest BCUT2D eigenvalue weighted by molar-refractivity contribution is -0.143. The van der Waals surface area contributed by atoms with Gasteiger partial charge in [0, 0.05) is 12.8 Å². The van der Waals surface area contributed by atoms with Crippen LogP contribution < -0.4 is 5.32 Å². The number of hydrogen-bond donors (Lipinski definition) is 3. The Morgan fingerprint density at radius 3 is 0.864 bits per heavy atom. The van der Waals surface area contributed by atoms with Gasteiger partial charge in [0.2, 0.25) is 5.91 Å². The molecule has 1 amide bonds. The molecule has 0 aliphatic heterocycles. The van der Waals surface area contributed by atoms with E-state index in [1.165, 1.54) is 379 Å². The summed E-state index contributed by atoms with van der Waals surface area (Å²) in [5.41, 5.74) is 0. The zero-order valence-electron chi connectivity index (χ0n) is 59.7. The van der Waals surface area contributed by atoms with E-state index >= 15 is 0 Å². The number of allylic oxidation sites excluding steroid dienone is 5. The molecule has 3 N–H and O–H groups in total. The van der Waals surface area contributed by atoms with Crippen LogP contribution in [0.25, 0.3) is 0 Å². The van der Waals surface area contributed by atoms with Crippen molar-refractivity contribution in [3.63, 3.8) is 0 Å². The minimum atomic E-state index is -0.843. The van der Waals surface area contributed by atoms with Crippen molar-refractivity contribution in [2.45, 2.75) is 463 Å². The molecule has 520 valence electrons. The number of aliphatic hydroxyl groups is 2. The van der Waals surface area contributed by atoms with Gasteiger partial charge in [-0.15, -0.1) is 0 Å². The van der Waals surface area contributed by atoms with Crippen molar-refractivity contribution in [2.75, 3.05) is 13.2 Å². The van der Waals surface area contributed by atoms with Crippen LogP contribution in [0.1, 0.15) is 450 Å². The summed E-state index contributed by atoms with van der Waals surface area (Å²) in [6.07, 6.45) is 101. The molecule has 0 aliphatic rings. The summed E-state index contributed by atoms with van der Waals surface area (Å²) in [5.74, 6) is -0.0376. The molecule has 0 aromatic heterocycles. The highest BCUT2D eigenvalue weighted by Gasteiger charge is 2.18. The topological polar surface area (TPSA) is 95.9 Å². The van der Waals surface area contributed by atoms with Crippen LogP contribution in [0.5, 0.6) is 0 Å². The zero-order chi connectivity index (χ0) is 63.5. The molecule has 0 spiro atoms. The SMILES string of the molecule is CCCCCCCCCCCCCCCCC/C=C/C(O)C(CO)NC(=O)CCCCCCCCCCCCCCCCCCC/C=C\C/C=C\CCCCCCCCCCCCCCCCCOC(=O)CCCCCCCCCCCCCCCCC. The predicted octanol–water partition coefficient (Wildman–Crippen LogP) is 26.6. The van der Waals surface area contributed by atoms with Gasteiger partial charge in [-0.3, -0.25) is 9.59 Å². The van der Waals surface area contributed by atoms with Gasteiger partial charge in [-0.2, -0.15) is 0 Å². The molecular weight excluding hydrogens is 1080 g/mol. The molecule has 2 atom stereocenters. The average Bonchev–Trinajstić information content (AvgIpc) is 3.58. The van der Waals surface area contributed by atoms with Gasteiger partial charge in [0.05, 0.1) is 25.4 Å². The summed E-state index contributed by atoms with van der Waals surface area (Å²) < 4.78 is 5.51. The molecule has 0 fully saturated rings. The first-order valence-electron chi connectivity index (χ1n) is 40.3. The van der Waals surface area contributed by atoms with E-state index in [2.05, 4.69) is 43.5 Å². The number of carbonyl (C=O) groups excluding carboxylic acids is 2. The fourth-order valence-corrected chi connectivity index (χ4v) is 12.8. The molecule has 0 bridgehead atoms. The number of nitrogens with one attached hydrogen (secondary N) is 1. The van der Waals surface area contributed by atoms with Gasteiger partial charge in [-0.1, -0.05) is 410 Å². The van der Waals surface area contributed by atoms with Gasteiger partial charge < -0.3 is 20.3 Å². The largest absolute Gasteiger partial charge is 0.466 e. The summed E-state index contributed by atoms with van der Waals surface area (Å²) in [4.78, 5) is 24.6. The molecule has 0 aromatic carbocycles. The first kappa shape index (κ1) is 86.1. The smallest absolute Gasteiger partial charge is 0.305 e. The minimum absolute atomic E-state index is 0.0238. The summed E-state index contributed by atoms with van der Waals surface area (Å²) >= 11 is 0. The van der Waals surface area contributed by atoms with Crippen LogP contribution in [0, 0.1) is 0 Å². The number of aliphatic hydroxyl groups excluding tert-OH is 2. The van der Waals surface area contributed by atoms with Crippen molar-refractivity contribution in [3.05, 3.63) is 36.5 Å². The number of rotatable bonds is 76. The Labute approximate surface area is 551 Å². The maximum Gasteiger partial charge on any atom is 0.305 e. The fourth-order valence-electron chi connectivity index (χ4n) is 12.8. The van der Waals surface area contributed by atoms with Crippen LogP contribution >= 0.6 is 0 Å². The first-order valence-corrected chi connectivity index (χ1v) is 40.3. The number of ether oxygens (including phenoxy) is 1. The van der Waals surface area contributed by atoms with Gasteiger partial charge in [-0.05, 0) is 64.2 Å². The Hall–Kier alpha value is -1.92. The number of carbonyl (C=O) groups is 2. The molecule has 88 heavy (non-hydrogen) atoms. The van der Waals surface area contributed by atoms with Crippen molar-refractivity contribution in [1.29, 1.82) is 0 Å². The number of unbranched alkanes of at least 4 members (excludes halogenated alkanes) is 61. The molecule has 0 radical (unpaired) electrons. The number of hydrogen-bond acceptors (Lipinski definition) is 5. The maximum absolute atomic E-state index is 12.5. The minimum Gasteiger partial charge on any atom is -0.466 e. The van der Waals surface area contributed by atoms with Crippen molar-refractivity contribution >= 4 is 11.9 Å². The Morgan fingerprint density at radius 2 is 0.568 bits per heavy atom. The van der Waals surface area contributed by atoms with Gasteiger partial charge >= 0.3 is 5.97 Å². The van der Waals surface area contributed by atoms with Crippen molar-refractivity contribution in [2.24, 2.45) is 0 Å². The van der Waals surface area contributed by atoms with E-state index in [-0.39, 0.29) is 18.5 Å². The molecule has 0 heterocycles. The van der Waals surface area contributed by atoms with E-state index in [1.807, 2.05) is 6.08 Å². The van der Waals surface area contributed by atoms with E-state index in [0.717, 1.165) is 44.9 Å². The second-order valence-corrected chi connectivity index (χ2v) is 27.8. The summed E-state index contributed by atoms with van der Waals surface area (Å²) in [6, 6.07) is -0.626. The van der Waals surface area contributed by atoms with Gasteiger partial charge in [0.15, 0.2) is 0 Å². The molecule has 6 heteroatoms. The van der Waals surface area contributed by atoms with Crippen molar-refractivity contribution < 1.29 is 24.5 Å². The van der Waals surface area contributed by atoms with E-state index in [1.54, 1.807) is 6.08 Å². The lowest BCUT2D eigenvalue weighted by Gasteiger charge is -2.20. The third kappa shape index (κ3) is 73.1. The average molecular weight is 1240 g/mol. The Morgan fingerprint density at radius 1 is 0.318 bits per heavy atom. The summed E-state index contributed by atoms with van der Waals surface area (Å²) in [6.45, 7) is 4.95. The maximum atomic E-state index is 12.5. The summed E-state index contributed by atoms with van der Waals surface area (Å²) in [7, 11) is 0. The van der Waals surface area contributed by atoms with Crippen LogP contribution in [-0.2, 0) is 14.3 Å². The highest BCUT2D eigenvalue weighted by atomic mass is 16.5. The molecule has 0 saturated heterocycles. The lowest BCUT2D eigenvalue weighted by Crippen LogP contribution is -2.45. The Balaban J connectivity index is 3.36. The Bertz CT molecular complexity index is 1430. The molecule has 6 nitrogen and oxygen atoms in total. The van der Waals surface area contributed by atoms with Crippen LogP contribution in [0.3, 0.4) is 0 Å². The number of esters is 1.